The van der Waals surface area contributed by atoms with Gasteiger partial charge in [0.1, 0.15) is 5.82 Å². The van der Waals surface area contributed by atoms with Crippen molar-refractivity contribution >= 4 is 17.4 Å². The van der Waals surface area contributed by atoms with Gasteiger partial charge in [0.05, 0.1) is 5.92 Å². The van der Waals surface area contributed by atoms with Crippen LogP contribution in [0.5, 0.6) is 0 Å². The molecular weight excluding hydrogens is 352 g/mol. The van der Waals surface area contributed by atoms with Gasteiger partial charge in [-0.2, -0.15) is 4.52 Å². The zero-order valence-corrected chi connectivity index (χ0v) is 17.1. The van der Waals surface area contributed by atoms with Crippen LogP contribution in [0.15, 0.2) is 12.1 Å². The third kappa shape index (κ3) is 4.13. The first kappa shape index (κ1) is 19.2. The second-order valence-corrected chi connectivity index (χ2v) is 8.66. The van der Waals surface area contributed by atoms with Crippen molar-refractivity contribution in [1.82, 2.24) is 25.1 Å². The Bertz CT molecular complexity index is 808. The van der Waals surface area contributed by atoms with Gasteiger partial charge in [0, 0.05) is 25.0 Å². The van der Waals surface area contributed by atoms with Crippen LogP contribution in [0.1, 0.15) is 77.0 Å². The summed E-state index contributed by atoms with van der Waals surface area (Å²) < 4.78 is 1.84. The van der Waals surface area contributed by atoms with E-state index >= 15 is 0 Å². The fourth-order valence-electron chi connectivity index (χ4n) is 4.47. The van der Waals surface area contributed by atoms with Crippen molar-refractivity contribution in [1.29, 1.82) is 0 Å². The van der Waals surface area contributed by atoms with E-state index in [1.165, 1.54) is 25.7 Å². The summed E-state index contributed by atoms with van der Waals surface area (Å²) in [6, 6.07) is 4.33. The molecule has 1 saturated carbocycles. The van der Waals surface area contributed by atoms with E-state index in [9.17, 15) is 4.79 Å². The Balaban J connectivity index is 1.45. The molecule has 1 saturated heterocycles. The summed E-state index contributed by atoms with van der Waals surface area (Å²) in [6.07, 6.45) is 9.32. The van der Waals surface area contributed by atoms with Crippen LogP contribution in [0, 0.1) is 5.92 Å². The number of nitrogens with one attached hydrogen (secondary N) is 1. The molecule has 0 bridgehead atoms. The fraction of sp³-hybridized carbons (Fsp3) is 0.714. The van der Waals surface area contributed by atoms with Crippen LogP contribution < -0.4 is 10.2 Å². The van der Waals surface area contributed by atoms with Gasteiger partial charge in [-0.05, 0) is 37.8 Å². The van der Waals surface area contributed by atoms with Crippen molar-refractivity contribution < 1.29 is 4.79 Å². The average Bonchev–Trinajstić information content (AvgIpc) is 2.97. The summed E-state index contributed by atoms with van der Waals surface area (Å²) in [7, 11) is 0. The number of anilines is 1. The van der Waals surface area contributed by atoms with Crippen LogP contribution in [-0.4, -0.2) is 44.8 Å². The van der Waals surface area contributed by atoms with Gasteiger partial charge in [0.25, 0.3) is 0 Å². The molecule has 3 heterocycles. The van der Waals surface area contributed by atoms with Gasteiger partial charge in [-0.1, -0.05) is 39.5 Å². The predicted octanol–water partition coefficient (Wildman–Crippen LogP) is 3.30. The molecule has 1 N–H and O–H groups in total. The lowest BCUT2D eigenvalue weighted by Gasteiger charge is -2.33. The lowest BCUT2D eigenvalue weighted by molar-refractivity contribution is -0.126. The molecule has 1 atom stereocenters. The van der Waals surface area contributed by atoms with Crippen molar-refractivity contribution in [2.24, 2.45) is 5.92 Å². The van der Waals surface area contributed by atoms with Crippen LogP contribution in [0.3, 0.4) is 0 Å². The number of aromatic nitrogens is 4. The fourth-order valence-corrected chi connectivity index (χ4v) is 4.47. The second-order valence-electron chi connectivity index (χ2n) is 8.66. The van der Waals surface area contributed by atoms with Gasteiger partial charge in [-0.25, -0.2) is 0 Å². The second kappa shape index (κ2) is 8.45. The lowest BCUT2D eigenvalue weighted by atomic mass is 9.96. The summed E-state index contributed by atoms with van der Waals surface area (Å²) in [4.78, 5) is 15.1. The van der Waals surface area contributed by atoms with Gasteiger partial charge >= 0.3 is 0 Å². The van der Waals surface area contributed by atoms with Crippen LogP contribution in [0.4, 0.5) is 5.82 Å². The van der Waals surface area contributed by atoms with Crippen molar-refractivity contribution in [3.05, 3.63) is 18.0 Å². The van der Waals surface area contributed by atoms with Gasteiger partial charge in [-0.15, -0.1) is 15.3 Å². The maximum atomic E-state index is 12.9. The van der Waals surface area contributed by atoms with E-state index in [1.807, 2.05) is 16.6 Å². The Morgan fingerprint density at radius 2 is 1.86 bits per heavy atom. The molecule has 4 rings (SSSR count). The van der Waals surface area contributed by atoms with Gasteiger partial charge in [-0.3, -0.25) is 4.79 Å². The van der Waals surface area contributed by atoms with E-state index in [0.29, 0.717) is 6.04 Å². The monoisotopic (exact) mass is 384 g/mol. The van der Waals surface area contributed by atoms with Crippen molar-refractivity contribution in [3.63, 3.8) is 0 Å². The Kier molecular flexibility index (Phi) is 5.78. The molecule has 152 valence electrons. The molecule has 2 fully saturated rings. The van der Waals surface area contributed by atoms with Gasteiger partial charge in [0.2, 0.25) is 5.91 Å². The zero-order chi connectivity index (χ0) is 19.5. The van der Waals surface area contributed by atoms with Crippen LogP contribution in [0.2, 0.25) is 0 Å². The highest BCUT2D eigenvalue weighted by molar-refractivity contribution is 5.79. The smallest absolute Gasteiger partial charge is 0.225 e. The van der Waals surface area contributed by atoms with Crippen molar-refractivity contribution in [3.8, 4) is 0 Å². The Labute approximate surface area is 166 Å². The van der Waals surface area contributed by atoms with Gasteiger partial charge < -0.3 is 10.2 Å². The highest BCUT2D eigenvalue weighted by atomic mass is 16.2. The van der Waals surface area contributed by atoms with E-state index in [1.54, 1.807) is 0 Å². The minimum absolute atomic E-state index is 0.0416. The number of rotatable bonds is 4. The summed E-state index contributed by atoms with van der Waals surface area (Å²) in [6.45, 7) is 5.86. The van der Waals surface area contributed by atoms with Crippen LogP contribution in [0.25, 0.3) is 5.65 Å². The largest absolute Gasteiger partial charge is 0.354 e. The molecule has 2 aromatic heterocycles. The summed E-state index contributed by atoms with van der Waals surface area (Å²) in [5.41, 5.74) is 0.770. The van der Waals surface area contributed by atoms with Crippen LogP contribution in [-0.2, 0) is 4.79 Å². The summed E-state index contributed by atoms with van der Waals surface area (Å²) in [5, 5.41) is 16.6. The predicted molar refractivity (Wildman–Crippen MR) is 109 cm³/mol. The van der Waals surface area contributed by atoms with E-state index in [4.69, 9.17) is 5.10 Å². The number of carbonyl (C=O) groups excluding carboxylic acids is 1. The molecule has 7 heteroatoms. The molecule has 0 spiro atoms. The highest BCUT2D eigenvalue weighted by Crippen LogP contribution is 2.24. The summed E-state index contributed by atoms with van der Waals surface area (Å²) >= 11 is 0. The van der Waals surface area contributed by atoms with E-state index in [2.05, 4.69) is 34.3 Å². The normalized spacial score (nSPS) is 21.8. The zero-order valence-electron chi connectivity index (χ0n) is 17.1. The van der Waals surface area contributed by atoms with Gasteiger partial charge in [0.15, 0.2) is 11.5 Å². The molecule has 2 aromatic rings. The van der Waals surface area contributed by atoms with Crippen molar-refractivity contribution in [2.45, 2.75) is 77.2 Å². The third-order valence-electron chi connectivity index (χ3n) is 6.11. The first-order chi connectivity index (χ1) is 13.6. The number of hydrogen-bond acceptors (Lipinski definition) is 5. The first-order valence-electron chi connectivity index (χ1n) is 10.9. The van der Waals surface area contributed by atoms with E-state index in [0.717, 1.165) is 56.1 Å². The summed E-state index contributed by atoms with van der Waals surface area (Å²) in [5.74, 6) is 2.31. The number of fused-ring (bicyclic) bond motifs is 1. The molecule has 7 nitrogen and oxygen atoms in total. The van der Waals surface area contributed by atoms with E-state index < -0.39 is 0 Å². The molecule has 0 unspecified atom stereocenters. The number of amides is 1. The standard InChI is InChI=1S/C21H32N6O/c1-15(2)20-24-23-18-11-12-19(25-27(18)20)26-13-7-8-16(14-26)21(28)22-17-9-5-3-4-6-10-17/h11-12,15-17H,3-10,13-14H2,1-2H3,(H,22,28)/t16-/m1/s1. The van der Waals surface area contributed by atoms with E-state index in [-0.39, 0.29) is 17.7 Å². The maximum absolute atomic E-state index is 12.9. The first-order valence-corrected chi connectivity index (χ1v) is 10.9. The molecule has 1 aliphatic heterocycles. The minimum atomic E-state index is 0.0416. The number of hydrogen-bond donors (Lipinski definition) is 1. The average molecular weight is 385 g/mol. The number of piperidine rings is 1. The molecule has 1 aliphatic carbocycles. The lowest BCUT2D eigenvalue weighted by Crippen LogP contribution is -2.46. The molecule has 0 radical (unpaired) electrons. The Morgan fingerprint density at radius 1 is 1.07 bits per heavy atom. The molecular formula is C21H32N6O. The third-order valence-corrected chi connectivity index (χ3v) is 6.11. The van der Waals surface area contributed by atoms with Crippen LogP contribution >= 0.6 is 0 Å². The van der Waals surface area contributed by atoms with Crippen molar-refractivity contribution in [2.75, 3.05) is 18.0 Å². The Morgan fingerprint density at radius 3 is 2.61 bits per heavy atom. The SMILES string of the molecule is CC(C)c1nnc2ccc(N3CCC[C@@H](C(=O)NC4CCCCCC4)C3)nn12. The maximum Gasteiger partial charge on any atom is 0.225 e. The number of carbonyl (C=O) groups is 1. The highest BCUT2D eigenvalue weighted by Gasteiger charge is 2.28. The molecule has 0 aromatic carbocycles. The Hall–Kier alpha value is -2.18. The molecule has 2 aliphatic rings. The molecule has 1 amide bonds. The quantitative estimate of drug-likeness (QED) is 0.819. The number of nitrogens with zero attached hydrogens (tertiary/aromatic N) is 5. The topological polar surface area (TPSA) is 75.4 Å². The molecule has 28 heavy (non-hydrogen) atoms. The minimum Gasteiger partial charge on any atom is -0.354 e.